The molecule has 0 amide bonds. The normalized spacial score (nSPS) is 12.4. The molecule has 9 heteroatoms. The van der Waals surface area contributed by atoms with E-state index in [-0.39, 0.29) is 11.4 Å². The molecule has 2 atom stereocenters. The van der Waals surface area contributed by atoms with Gasteiger partial charge in [0.25, 0.3) is 11.4 Å². The van der Waals surface area contributed by atoms with Crippen molar-refractivity contribution in [1.82, 2.24) is 0 Å². The summed E-state index contributed by atoms with van der Waals surface area (Å²) in [6, 6.07) is 10.9. The van der Waals surface area contributed by atoms with E-state index in [4.69, 9.17) is 14.2 Å². The first-order valence-corrected chi connectivity index (χ1v) is 7.65. The van der Waals surface area contributed by atoms with Gasteiger partial charge in [-0.1, -0.05) is 13.2 Å². The van der Waals surface area contributed by atoms with E-state index < -0.39 is 22.4 Å². The van der Waals surface area contributed by atoms with Crippen LogP contribution in [0.3, 0.4) is 0 Å². The molecule has 27 heavy (non-hydrogen) atoms. The quantitative estimate of drug-likeness (QED) is 0.268. The van der Waals surface area contributed by atoms with Gasteiger partial charge in [0.2, 0.25) is 12.6 Å². The smallest absolute Gasteiger partial charge is 0.269 e. The second-order valence-electron chi connectivity index (χ2n) is 5.08. The van der Waals surface area contributed by atoms with Gasteiger partial charge in [-0.05, 0) is 36.4 Å². The zero-order valence-corrected chi connectivity index (χ0v) is 14.1. The third-order valence-corrected chi connectivity index (χ3v) is 3.25. The molecule has 0 saturated carbocycles. The van der Waals surface area contributed by atoms with Gasteiger partial charge in [0.1, 0.15) is 11.5 Å². The molecule has 0 N–H and O–H groups in total. The molecule has 0 heterocycles. The second kappa shape index (κ2) is 9.11. The zero-order chi connectivity index (χ0) is 19.8. The minimum absolute atomic E-state index is 0.0658. The van der Waals surface area contributed by atoms with Gasteiger partial charge in [-0.3, -0.25) is 25.0 Å². The summed E-state index contributed by atoms with van der Waals surface area (Å²) < 4.78 is 16.6. The number of nitro benzene ring substituents is 2. The molecule has 0 spiro atoms. The molecule has 0 saturated heterocycles. The maximum atomic E-state index is 10.7. The number of hydrogen-bond acceptors (Lipinski definition) is 7. The predicted octanol–water partition coefficient (Wildman–Crippen LogP) is 4.00. The summed E-state index contributed by atoms with van der Waals surface area (Å²) in [7, 11) is 0. The van der Waals surface area contributed by atoms with Gasteiger partial charge in [-0.15, -0.1) is 0 Å². The van der Waals surface area contributed by atoms with Gasteiger partial charge in [-0.2, -0.15) is 0 Å². The van der Waals surface area contributed by atoms with Crippen molar-refractivity contribution in [2.75, 3.05) is 0 Å². The Bertz CT molecular complexity index is 749. The van der Waals surface area contributed by atoms with Crippen LogP contribution in [0, 0.1) is 20.2 Å². The highest BCUT2D eigenvalue weighted by molar-refractivity contribution is 5.37. The number of nitrogens with zero attached hydrogens (tertiary/aromatic N) is 2. The van der Waals surface area contributed by atoms with E-state index >= 15 is 0 Å². The van der Waals surface area contributed by atoms with Crippen LogP contribution >= 0.6 is 0 Å². The average Bonchev–Trinajstić information content (AvgIpc) is 2.67. The van der Waals surface area contributed by atoms with Crippen molar-refractivity contribution in [3.8, 4) is 11.5 Å². The van der Waals surface area contributed by atoms with E-state index in [9.17, 15) is 20.2 Å². The molecule has 140 valence electrons. The van der Waals surface area contributed by atoms with Crippen molar-refractivity contribution in [2.24, 2.45) is 0 Å². The predicted molar refractivity (Wildman–Crippen MR) is 96.5 cm³/mol. The first-order chi connectivity index (χ1) is 12.9. The van der Waals surface area contributed by atoms with Crippen LogP contribution in [0.25, 0.3) is 0 Å². The summed E-state index contributed by atoms with van der Waals surface area (Å²) in [5.74, 6) is 0.673. The molecule has 0 fully saturated rings. The molecule has 0 aliphatic carbocycles. The van der Waals surface area contributed by atoms with Crippen molar-refractivity contribution < 1.29 is 24.1 Å². The van der Waals surface area contributed by atoms with Crippen LogP contribution in [0.1, 0.15) is 0 Å². The molecule has 2 unspecified atom stereocenters. The van der Waals surface area contributed by atoms with Gasteiger partial charge in [0.05, 0.1) is 9.85 Å². The maximum Gasteiger partial charge on any atom is 0.269 e. The van der Waals surface area contributed by atoms with Gasteiger partial charge >= 0.3 is 0 Å². The fraction of sp³-hybridized carbons (Fsp3) is 0.111. The van der Waals surface area contributed by atoms with Gasteiger partial charge in [0, 0.05) is 24.3 Å². The topological polar surface area (TPSA) is 114 Å². The van der Waals surface area contributed by atoms with Crippen LogP contribution in [0.2, 0.25) is 0 Å². The highest BCUT2D eigenvalue weighted by Crippen LogP contribution is 2.21. The Hall–Kier alpha value is -3.72. The Labute approximate surface area is 154 Å². The lowest BCUT2D eigenvalue weighted by atomic mass is 10.3. The monoisotopic (exact) mass is 372 g/mol. The Morgan fingerprint density at radius 3 is 1.33 bits per heavy atom. The molecule has 2 rings (SSSR count). The van der Waals surface area contributed by atoms with E-state index in [1.807, 2.05) is 0 Å². The highest BCUT2D eigenvalue weighted by Gasteiger charge is 2.16. The minimum Gasteiger partial charge on any atom is -0.461 e. The van der Waals surface area contributed by atoms with Crippen molar-refractivity contribution in [2.45, 2.75) is 12.6 Å². The van der Waals surface area contributed by atoms with Crippen molar-refractivity contribution in [1.29, 1.82) is 0 Å². The molecule has 0 radical (unpaired) electrons. The van der Waals surface area contributed by atoms with Crippen LogP contribution in [0.15, 0.2) is 73.8 Å². The van der Waals surface area contributed by atoms with Crippen LogP contribution in [-0.4, -0.2) is 22.4 Å². The summed E-state index contributed by atoms with van der Waals surface area (Å²) in [5.41, 5.74) is -0.132. The van der Waals surface area contributed by atoms with Gasteiger partial charge in [-0.25, -0.2) is 0 Å². The van der Waals surface area contributed by atoms with Crippen molar-refractivity contribution in [3.63, 3.8) is 0 Å². The highest BCUT2D eigenvalue weighted by atomic mass is 16.8. The fourth-order valence-corrected chi connectivity index (χ4v) is 1.96. The largest absolute Gasteiger partial charge is 0.461 e. The Balaban J connectivity index is 1.99. The number of hydrogen-bond donors (Lipinski definition) is 0. The number of benzene rings is 2. The zero-order valence-electron chi connectivity index (χ0n) is 14.1. The van der Waals surface area contributed by atoms with Crippen LogP contribution in [-0.2, 0) is 4.74 Å². The van der Waals surface area contributed by atoms with E-state index in [0.29, 0.717) is 11.5 Å². The Morgan fingerprint density at radius 2 is 1.07 bits per heavy atom. The number of nitro groups is 2. The molecule has 2 aromatic rings. The average molecular weight is 372 g/mol. The Kier molecular flexibility index (Phi) is 6.61. The van der Waals surface area contributed by atoms with Crippen LogP contribution in [0.5, 0.6) is 11.5 Å². The summed E-state index contributed by atoms with van der Waals surface area (Å²) in [6.07, 6.45) is 0.897. The van der Waals surface area contributed by atoms with E-state index in [1.54, 1.807) is 0 Å². The summed E-state index contributed by atoms with van der Waals surface area (Å²) in [5, 5.41) is 21.3. The fourth-order valence-electron chi connectivity index (χ4n) is 1.96. The van der Waals surface area contributed by atoms with Gasteiger partial charge < -0.3 is 9.47 Å². The van der Waals surface area contributed by atoms with Gasteiger partial charge in [0.15, 0.2) is 0 Å². The van der Waals surface area contributed by atoms with Crippen molar-refractivity contribution >= 4 is 11.4 Å². The van der Waals surface area contributed by atoms with Crippen molar-refractivity contribution in [3.05, 3.63) is 94.1 Å². The standard InChI is InChI=1S/C18H16N2O7/c1-3-17(25-15-9-5-13(6-10-15)19(21)22)27-18(4-2)26-16-11-7-14(8-12-16)20(23)24/h3-12,17-18H,1-2H2. The third-order valence-electron chi connectivity index (χ3n) is 3.25. The summed E-state index contributed by atoms with van der Waals surface area (Å²) >= 11 is 0. The lowest BCUT2D eigenvalue weighted by Crippen LogP contribution is -2.28. The third kappa shape index (κ3) is 5.65. The summed E-state index contributed by atoms with van der Waals surface area (Å²) in [6.45, 7) is 7.21. The van der Waals surface area contributed by atoms with E-state index in [0.717, 1.165) is 0 Å². The maximum absolute atomic E-state index is 10.7. The number of ether oxygens (including phenoxy) is 3. The molecular formula is C18H16N2O7. The summed E-state index contributed by atoms with van der Waals surface area (Å²) in [4.78, 5) is 20.3. The molecular weight excluding hydrogens is 356 g/mol. The number of rotatable bonds is 10. The molecule has 0 aromatic heterocycles. The minimum atomic E-state index is -0.924. The molecule has 2 aromatic carbocycles. The number of non-ortho nitro benzene ring substituents is 2. The van der Waals surface area contributed by atoms with Crippen LogP contribution < -0.4 is 9.47 Å². The molecule has 9 nitrogen and oxygen atoms in total. The van der Waals surface area contributed by atoms with Crippen LogP contribution in [0.4, 0.5) is 11.4 Å². The first-order valence-electron chi connectivity index (χ1n) is 7.65. The van der Waals surface area contributed by atoms with E-state index in [1.165, 1.54) is 60.7 Å². The van der Waals surface area contributed by atoms with E-state index in [2.05, 4.69) is 13.2 Å². The first kappa shape index (κ1) is 19.6. The molecule has 0 aliphatic heterocycles. The molecule has 0 bridgehead atoms. The second-order valence-corrected chi connectivity index (χ2v) is 5.08. The SMILES string of the molecule is C=CC(Oc1ccc([N+](=O)[O-])cc1)OC(C=C)Oc1ccc([N+](=O)[O-])cc1. The lowest BCUT2D eigenvalue weighted by Gasteiger charge is -2.22. The molecule has 0 aliphatic rings. The Morgan fingerprint density at radius 1 is 0.741 bits per heavy atom. The lowest BCUT2D eigenvalue weighted by molar-refractivity contribution is -0.385.